The molecule has 0 bridgehead atoms. The first-order valence-corrected chi connectivity index (χ1v) is 10.0. The number of nitrogens with zero attached hydrogens (tertiary/aromatic N) is 3. The van der Waals surface area contributed by atoms with Gasteiger partial charge in [-0.15, -0.1) is 0 Å². The van der Waals surface area contributed by atoms with E-state index in [-0.39, 0.29) is 30.2 Å². The van der Waals surface area contributed by atoms with Gasteiger partial charge in [-0.1, -0.05) is 27.7 Å². The number of aliphatic hydroxyl groups is 1. The smallest absolute Gasteiger partial charge is 0.396 e. The highest BCUT2D eigenvalue weighted by Gasteiger charge is 2.31. The fourth-order valence-corrected chi connectivity index (χ4v) is 3.43. The molecule has 2 heterocycles. The first kappa shape index (κ1) is 23.9. The van der Waals surface area contributed by atoms with Gasteiger partial charge in [0.2, 0.25) is 0 Å². The average molecular weight is 426 g/mol. The lowest BCUT2D eigenvalue weighted by molar-refractivity contribution is -0.137. The van der Waals surface area contributed by atoms with Crippen molar-refractivity contribution < 1.29 is 23.1 Å². The number of aromatic nitrogens is 3. The lowest BCUT2D eigenvalue weighted by atomic mass is 9.94. The minimum Gasteiger partial charge on any atom is -0.396 e. The third-order valence-corrected chi connectivity index (χ3v) is 4.78. The van der Waals surface area contributed by atoms with Crippen LogP contribution in [0.4, 0.5) is 13.2 Å². The zero-order valence-electron chi connectivity index (χ0n) is 17.7. The van der Waals surface area contributed by atoms with Gasteiger partial charge in [0.05, 0.1) is 23.0 Å². The molecule has 2 rings (SSSR count). The number of alkyl halides is 3. The molecule has 0 fully saturated rings. The highest BCUT2D eigenvalue weighted by atomic mass is 19.4. The second-order valence-corrected chi connectivity index (χ2v) is 8.13. The van der Waals surface area contributed by atoms with Crippen LogP contribution in [-0.2, 0) is 6.18 Å². The summed E-state index contributed by atoms with van der Waals surface area (Å²) in [5.41, 5.74) is 0.0869. The number of carbonyl (C=O) groups is 1. The van der Waals surface area contributed by atoms with E-state index in [1.165, 1.54) is 16.9 Å². The van der Waals surface area contributed by atoms with Crippen LogP contribution in [0.5, 0.6) is 0 Å². The average Bonchev–Trinajstić information content (AvgIpc) is 3.10. The molecule has 0 unspecified atom stereocenters. The SMILES string of the molecule is CC(C)C[C@H](CCO)CNC(=O)c1cnn(-c2ccc(C(F)(F)F)cn2)c1C(C)C. The van der Waals surface area contributed by atoms with Gasteiger partial charge in [-0.25, -0.2) is 9.67 Å². The number of rotatable bonds is 9. The molecule has 0 saturated carbocycles. The predicted octanol–water partition coefficient (Wildman–Crippen LogP) is 4.18. The van der Waals surface area contributed by atoms with Gasteiger partial charge in [-0.3, -0.25) is 4.79 Å². The number of nitrogens with one attached hydrogen (secondary N) is 1. The van der Waals surface area contributed by atoms with Crippen LogP contribution in [0.3, 0.4) is 0 Å². The van der Waals surface area contributed by atoms with Crippen molar-refractivity contribution in [3.8, 4) is 5.82 Å². The van der Waals surface area contributed by atoms with Crippen LogP contribution in [0.1, 0.15) is 68.1 Å². The second kappa shape index (κ2) is 10.1. The molecular weight excluding hydrogens is 397 g/mol. The molecule has 0 spiro atoms. The molecule has 166 valence electrons. The van der Waals surface area contributed by atoms with Crippen molar-refractivity contribution >= 4 is 5.91 Å². The van der Waals surface area contributed by atoms with Crippen LogP contribution in [-0.4, -0.2) is 38.9 Å². The van der Waals surface area contributed by atoms with Crippen molar-refractivity contribution in [1.29, 1.82) is 0 Å². The summed E-state index contributed by atoms with van der Waals surface area (Å²) in [5, 5.41) is 16.4. The maximum Gasteiger partial charge on any atom is 0.417 e. The first-order chi connectivity index (χ1) is 14.0. The molecule has 0 aromatic carbocycles. The predicted molar refractivity (Wildman–Crippen MR) is 107 cm³/mol. The summed E-state index contributed by atoms with van der Waals surface area (Å²) in [4.78, 5) is 16.7. The maximum absolute atomic E-state index is 12.8. The Kier molecular flexibility index (Phi) is 8.00. The minimum atomic E-state index is -4.47. The zero-order chi connectivity index (χ0) is 22.5. The van der Waals surface area contributed by atoms with Crippen molar-refractivity contribution in [2.45, 2.75) is 52.6 Å². The number of hydrogen-bond acceptors (Lipinski definition) is 4. The molecule has 6 nitrogen and oxygen atoms in total. The van der Waals surface area contributed by atoms with Gasteiger partial charge in [0.1, 0.15) is 0 Å². The molecule has 0 aliphatic carbocycles. The summed E-state index contributed by atoms with van der Waals surface area (Å²) < 4.78 is 39.8. The van der Waals surface area contributed by atoms with E-state index in [0.29, 0.717) is 30.1 Å². The Morgan fingerprint density at radius 1 is 1.20 bits per heavy atom. The summed E-state index contributed by atoms with van der Waals surface area (Å²) >= 11 is 0. The van der Waals surface area contributed by atoms with Crippen molar-refractivity contribution in [3.63, 3.8) is 0 Å². The number of pyridine rings is 1. The van der Waals surface area contributed by atoms with Gasteiger partial charge < -0.3 is 10.4 Å². The Hall–Kier alpha value is -2.42. The van der Waals surface area contributed by atoms with Crippen LogP contribution in [0, 0.1) is 11.8 Å². The Morgan fingerprint density at radius 3 is 2.40 bits per heavy atom. The fraction of sp³-hybridized carbons (Fsp3) is 0.571. The van der Waals surface area contributed by atoms with Gasteiger partial charge in [-0.05, 0) is 42.7 Å². The van der Waals surface area contributed by atoms with Gasteiger partial charge in [0.25, 0.3) is 5.91 Å². The Morgan fingerprint density at radius 2 is 1.90 bits per heavy atom. The summed E-state index contributed by atoms with van der Waals surface area (Å²) in [6.07, 6.45) is -0.820. The molecule has 0 saturated heterocycles. The molecule has 9 heteroatoms. The van der Waals surface area contributed by atoms with Crippen LogP contribution < -0.4 is 5.32 Å². The standard InChI is InChI=1S/C21H29F3N4O2/c1-13(2)9-15(7-8-29)10-26-20(30)17-12-27-28(19(17)14(3)4)18-6-5-16(11-25-18)21(22,23)24/h5-6,11-15,29H,7-10H2,1-4H3,(H,26,30)/t15-/m0/s1. The van der Waals surface area contributed by atoms with E-state index in [2.05, 4.69) is 29.2 Å². The number of aliphatic hydroxyl groups excluding tert-OH is 1. The molecule has 1 atom stereocenters. The number of carbonyl (C=O) groups excluding carboxylic acids is 1. The molecule has 0 radical (unpaired) electrons. The summed E-state index contributed by atoms with van der Waals surface area (Å²) in [6, 6.07) is 2.18. The summed E-state index contributed by atoms with van der Waals surface area (Å²) in [6.45, 7) is 8.42. The van der Waals surface area contributed by atoms with Crippen molar-refractivity contribution in [2.75, 3.05) is 13.2 Å². The zero-order valence-corrected chi connectivity index (χ0v) is 17.7. The van der Waals surface area contributed by atoms with Gasteiger partial charge in [-0.2, -0.15) is 18.3 Å². The molecule has 30 heavy (non-hydrogen) atoms. The van der Waals surface area contributed by atoms with E-state index in [9.17, 15) is 23.1 Å². The first-order valence-electron chi connectivity index (χ1n) is 10.0. The molecule has 2 N–H and O–H groups in total. The summed E-state index contributed by atoms with van der Waals surface area (Å²) in [7, 11) is 0. The van der Waals surface area contributed by atoms with E-state index in [1.54, 1.807) is 0 Å². The highest BCUT2D eigenvalue weighted by molar-refractivity contribution is 5.95. The summed E-state index contributed by atoms with van der Waals surface area (Å²) in [5.74, 6) is 0.403. The second-order valence-electron chi connectivity index (χ2n) is 8.13. The number of halogens is 3. The van der Waals surface area contributed by atoms with E-state index in [1.807, 2.05) is 13.8 Å². The van der Waals surface area contributed by atoms with Crippen molar-refractivity contribution in [3.05, 3.63) is 41.3 Å². The third-order valence-electron chi connectivity index (χ3n) is 4.78. The van der Waals surface area contributed by atoms with Crippen LogP contribution >= 0.6 is 0 Å². The molecule has 0 aliphatic heterocycles. The van der Waals surface area contributed by atoms with E-state index >= 15 is 0 Å². The minimum absolute atomic E-state index is 0.0576. The van der Waals surface area contributed by atoms with Crippen LogP contribution in [0.2, 0.25) is 0 Å². The maximum atomic E-state index is 12.8. The lowest BCUT2D eigenvalue weighted by Crippen LogP contribution is -2.31. The number of hydrogen-bond donors (Lipinski definition) is 2. The van der Waals surface area contributed by atoms with Gasteiger partial charge in [0, 0.05) is 19.3 Å². The quantitative estimate of drug-likeness (QED) is 0.630. The molecule has 2 aromatic heterocycles. The topological polar surface area (TPSA) is 80.0 Å². The van der Waals surface area contributed by atoms with Crippen molar-refractivity contribution in [1.82, 2.24) is 20.1 Å². The van der Waals surface area contributed by atoms with Crippen molar-refractivity contribution in [2.24, 2.45) is 11.8 Å². The third kappa shape index (κ3) is 6.04. The molecule has 1 amide bonds. The number of amides is 1. The molecular formula is C21H29F3N4O2. The molecule has 2 aromatic rings. The van der Waals surface area contributed by atoms with E-state index < -0.39 is 11.7 Å². The van der Waals surface area contributed by atoms with Gasteiger partial charge >= 0.3 is 6.18 Å². The van der Waals surface area contributed by atoms with E-state index in [4.69, 9.17) is 0 Å². The van der Waals surface area contributed by atoms with E-state index in [0.717, 1.165) is 18.7 Å². The Balaban J connectivity index is 2.24. The monoisotopic (exact) mass is 426 g/mol. The molecule has 0 aliphatic rings. The largest absolute Gasteiger partial charge is 0.417 e. The normalized spacial score (nSPS) is 13.1. The Bertz CT molecular complexity index is 830. The highest BCUT2D eigenvalue weighted by Crippen LogP contribution is 2.29. The van der Waals surface area contributed by atoms with Crippen LogP contribution in [0.25, 0.3) is 5.82 Å². The van der Waals surface area contributed by atoms with Gasteiger partial charge in [0.15, 0.2) is 5.82 Å². The van der Waals surface area contributed by atoms with Crippen LogP contribution in [0.15, 0.2) is 24.5 Å². The fourth-order valence-electron chi connectivity index (χ4n) is 3.43. The Labute approximate surface area is 174 Å². The lowest BCUT2D eigenvalue weighted by Gasteiger charge is -2.19.